The Balaban J connectivity index is 0.00000132. The number of nitrogens with one attached hydrogen (secondary N) is 1. The molecule has 0 bridgehead atoms. The second kappa shape index (κ2) is 9.03. The van der Waals surface area contributed by atoms with Gasteiger partial charge in [-0.3, -0.25) is 4.79 Å². The number of anilines is 1. The summed E-state index contributed by atoms with van der Waals surface area (Å²) in [6, 6.07) is -0.210. The topological polar surface area (TPSA) is 68.7 Å². The maximum absolute atomic E-state index is 12.4. The molecule has 0 radical (unpaired) electrons. The van der Waals surface area contributed by atoms with Gasteiger partial charge in [0.2, 0.25) is 5.91 Å². The predicted molar refractivity (Wildman–Crippen MR) is 97.2 cm³/mol. The minimum absolute atomic E-state index is 0. The normalized spacial score (nSPS) is 24.1. The molecule has 2 saturated heterocycles. The molecular weight excluding hydrogens is 359 g/mol. The first kappa shape index (κ1) is 20.4. The van der Waals surface area contributed by atoms with Crippen LogP contribution in [0.3, 0.4) is 0 Å². The Hall–Kier alpha value is -0.600. The molecule has 2 atom stereocenters. The van der Waals surface area contributed by atoms with Crippen LogP contribution in [-0.2, 0) is 11.2 Å². The number of aromatic nitrogens is 1. The number of amides is 1. The summed E-state index contributed by atoms with van der Waals surface area (Å²) < 4.78 is 0. The first-order valence-electron chi connectivity index (χ1n) is 7.57. The molecule has 6 nitrogen and oxygen atoms in total. The summed E-state index contributed by atoms with van der Waals surface area (Å²) in [7, 11) is 0. The van der Waals surface area contributed by atoms with E-state index in [0.717, 1.165) is 37.7 Å². The number of β-amino-alcohol motifs (C(OH)–C–C–N with tert-alkyl or cyclic N) is 1. The minimum atomic E-state index is -0.386. The van der Waals surface area contributed by atoms with Crippen molar-refractivity contribution >= 4 is 47.2 Å². The van der Waals surface area contributed by atoms with Crippen molar-refractivity contribution in [2.24, 2.45) is 0 Å². The highest BCUT2D eigenvalue weighted by atomic mass is 35.5. The summed E-state index contributed by atoms with van der Waals surface area (Å²) in [5.74, 6) is 0.125. The fourth-order valence-electron chi connectivity index (χ4n) is 2.85. The minimum Gasteiger partial charge on any atom is -0.392 e. The number of aryl methyl sites for hydroxylation is 1. The summed E-state index contributed by atoms with van der Waals surface area (Å²) in [5, 5.41) is 13.7. The third kappa shape index (κ3) is 4.70. The molecule has 2 fully saturated rings. The van der Waals surface area contributed by atoms with Gasteiger partial charge >= 0.3 is 0 Å². The van der Waals surface area contributed by atoms with Crippen LogP contribution >= 0.6 is 36.2 Å². The number of piperazine rings is 1. The molecule has 2 aliphatic heterocycles. The number of hydrogen-bond acceptors (Lipinski definition) is 6. The monoisotopic (exact) mass is 382 g/mol. The van der Waals surface area contributed by atoms with Crippen LogP contribution in [0.5, 0.6) is 0 Å². The third-order valence-corrected chi connectivity index (χ3v) is 5.36. The summed E-state index contributed by atoms with van der Waals surface area (Å²) in [6.45, 7) is 5.78. The lowest BCUT2D eigenvalue weighted by atomic mass is 10.1. The Morgan fingerprint density at radius 2 is 2.09 bits per heavy atom. The second-order valence-electron chi connectivity index (χ2n) is 5.63. The number of aliphatic hydroxyl groups is 1. The van der Waals surface area contributed by atoms with E-state index in [4.69, 9.17) is 0 Å². The van der Waals surface area contributed by atoms with E-state index in [1.807, 2.05) is 11.1 Å². The quantitative estimate of drug-likeness (QED) is 0.813. The van der Waals surface area contributed by atoms with E-state index < -0.39 is 0 Å². The largest absolute Gasteiger partial charge is 0.392 e. The molecule has 23 heavy (non-hydrogen) atoms. The molecular formula is C14H24Cl2N4O2S. The maximum atomic E-state index is 12.4. The van der Waals surface area contributed by atoms with Crippen LogP contribution in [0, 0.1) is 0 Å². The van der Waals surface area contributed by atoms with Gasteiger partial charge < -0.3 is 20.2 Å². The number of halogens is 2. The van der Waals surface area contributed by atoms with Gasteiger partial charge in [-0.2, -0.15) is 0 Å². The van der Waals surface area contributed by atoms with Gasteiger partial charge in [0.25, 0.3) is 0 Å². The Labute approximate surface area is 153 Å². The number of carbonyl (C=O) groups is 1. The van der Waals surface area contributed by atoms with Crippen LogP contribution in [0.15, 0.2) is 6.20 Å². The average Bonchev–Trinajstić information content (AvgIpc) is 3.15. The average molecular weight is 383 g/mol. The van der Waals surface area contributed by atoms with E-state index in [2.05, 4.69) is 22.1 Å². The predicted octanol–water partition coefficient (Wildman–Crippen LogP) is 0.920. The van der Waals surface area contributed by atoms with E-state index in [9.17, 15) is 9.90 Å². The van der Waals surface area contributed by atoms with Crippen molar-refractivity contribution in [2.75, 3.05) is 37.6 Å². The van der Waals surface area contributed by atoms with E-state index in [1.165, 1.54) is 4.88 Å². The van der Waals surface area contributed by atoms with Gasteiger partial charge in [-0.1, -0.05) is 6.92 Å². The van der Waals surface area contributed by atoms with Gasteiger partial charge in [-0.15, -0.1) is 36.2 Å². The van der Waals surface area contributed by atoms with Gasteiger partial charge in [-0.25, -0.2) is 4.98 Å². The van der Waals surface area contributed by atoms with Gasteiger partial charge in [0.15, 0.2) is 5.13 Å². The summed E-state index contributed by atoms with van der Waals surface area (Å²) in [6.07, 6.45) is 3.11. The van der Waals surface area contributed by atoms with Crippen molar-refractivity contribution in [1.29, 1.82) is 0 Å². The van der Waals surface area contributed by atoms with Crippen LogP contribution in [0.25, 0.3) is 0 Å². The number of carbonyl (C=O) groups excluding carboxylic acids is 1. The van der Waals surface area contributed by atoms with Crippen LogP contribution in [0.4, 0.5) is 5.13 Å². The van der Waals surface area contributed by atoms with Crippen molar-refractivity contribution in [1.82, 2.24) is 15.2 Å². The Morgan fingerprint density at radius 1 is 1.39 bits per heavy atom. The second-order valence-corrected chi connectivity index (χ2v) is 6.72. The van der Waals surface area contributed by atoms with Gasteiger partial charge in [-0.05, 0) is 12.8 Å². The van der Waals surface area contributed by atoms with Crippen molar-refractivity contribution in [3.8, 4) is 0 Å². The number of aliphatic hydroxyl groups excluding tert-OH is 1. The van der Waals surface area contributed by atoms with Crippen LogP contribution in [-0.4, -0.2) is 65.8 Å². The van der Waals surface area contributed by atoms with Crippen LogP contribution < -0.4 is 10.2 Å². The van der Waals surface area contributed by atoms with Crippen molar-refractivity contribution in [3.63, 3.8) is 0 Å². The van der Waals surface area contributed by atoms with E-state index in [1.54, 1.807) is 11.3 Å². The lowest BCUT2D eigenvalue weighted by Crippen LogP contribution is -2.53. The number of nitrogens with zero attached hydrogens (tertiary/aromatic N) is 3. The highest BCUT2D eigenvalue weighted by molar-refractivity contribution is 7.15. The zero-order chi connectivity index (χ0) is 14.8. The fraction of sp³-hybridized carbons (Fsp3) is 0.714. The molecule has 2 unspecified atom stereocenters. The third-order valence-electron chi connectivity index (χ3n) is 4.16. The van der Waals surface area contributed by atoms with Gasteiger partial charge in [0.1, 0.15) is 0 Å². The lowest BCUT2D eigenvalue weighted by Gasteiger charge is -2.35. The van der Waals surface area contributed by atoms with Gasteiger partial charge in [0.05, 0.1) is 12.1 Å². The van der Waals surface area contributed by atoms with Crippen molar-refractivity contribution < 1.29 is 9.90 Å². The summed E-state index contributed by atoms with van der Waals surface area (Å²) >= 11 is 1.74. The molecule has 2 N–H and O–H groups in total. The molecule has 0 saturated carbocycles. The first-order valence-corrected chi connectivity index (χ1v) is 8.39. The molecule has 9 heteroatoms. The zero-order valence-electron chi connectivity index (χ0n) is 13.1. The number of thiazole rings is 1. The molecule has 132 valence electrons. The zero-order valence-corrected chi connectivity index (χ0v) is 15.6. The summed E-state index contributed by atoms with van der Waals surface area (Å²) in [5.41, 5.74) is 0. The molecule has 1 aromatic heterocycles. The smallest absolute Gasteiger partial charge is 0.239 e. The van der Waals surface area contributed by atoms with Crippen LogP contribution in [0.1, 0.15) is 18.2 Å². The SMILES string of the molecule is CCc1cnc(N2CCN(C(=O)C3CC(O)CN3)CC2)s1.Cl.Cl. The number of rotatable bonds is 3. The standard InChI is InChI=1S/C14H22N4O2S.2ClH/c1-2-11-9-16-14(21-11)18-5-3-17(4-6-18)13(20)12-7-10(19)8-15-12;;/h9-10,12,15,19H,2-8H2,1H3;2*1H. The van der Waals surface area contributed by atoms with Crippen molar-refractivity contribution in [2.45, 2.75) is 31.9 Å². The molecule has 1 aromatic rings. The van der Waals surface area contributed by atoms with E-state index in [0.29, 0.717) is 13.0 Å². The first-order chi connectivity index (χ1) is 10.2. The van der Waals surface area contributed by atoms with Crippen LogP contribution in [0.2, 0.25) is 0 Å². The molecule has 1 amide bonds. The molecule has 0 aliphatic carbocycles. The lowest BCUT2D eigenvalue weighted by molar-refractivity contribution is -0.133. The number of hydrogen-bond donors (Lipinski definition) is 2. The molecule has 0 aromatic carbocycles. The van der Waals surface area contributed by atoms with E-state index >= 15 is 0 Å². The summed E-state index contributed by atoms with van der Waals surface area (Å²) in [4.78, 5) is 22.3. The Kier molecular flexibility index (Phi) is 8.03. The molecule has 2 aliphatic rings. The Bertz CT molecular complexity index is 509. The maximum Gasteiger partial charge on any atom is 0.239 e. The fourth-order valence-corrected chi connectivity index (χ4v) is 3.75. The Morgan fingerprint density at radius 3 is 2.61 bits per heavy atom. The molecule has 3 rings (SSSR count). The van der Waals surface area contributed by atoms with Gasteiger partial charge in [0, 0.05) is 43.8 Å². The highest BCUT2D eigenvalue weighted by Gasteiger charge is 2.32. The molecule has 0 spiro atoms. The van der Waals surface area contributed by atoms with Crippen molar-refractivity contribution in [3.05, 3.63) is 11.1 Å². The highest BCUT2D eigenvalue weighted by Crippen LogP contribution is 2.24. The molecule has 3 heterocycles. The van der Waals surface area contributed by atoms with E-state index in [-0.39, 0.29) is 42.9 Å².